The zero-order valence-electron chi connectivity index (χ0n) is 9.88. The minimum absolute atomic E-state index is 0.295. The Kier molecular flexibility index (Phi) is 3.45. The highest BCUT2D eigenvalue weighted by Crippen LogP contribution is 2.39. The summed E-state index contributed by atoms with van der Waals surface area (Å²) < 4.78 is 31.9. The molecule has 0 saturated carbocycles. The summed E-state index contributed by atoms with van der Waals surface area (Å²) in [6.07, 6.45) is 0.770. The van der Waals surface area contributed by atoms with E-state index in [4.69, 9.17) is 10.5 Å². The van der Waals surface area contributed by atoms with Gasteiger partial charge < -0.3 is 10.5 Å². The maximum atomic E-state index is 13.8. The Morgan fingerprint density at radius 3 is 2.59 bits per heavy atom. The summed E-state index contributed by atoms with van der Waals surface area (Å²) in [4.78, 5) is 0. The van der Waals surface area contributed by atoms with E-state index in [1.54, 1.807) is 0 Å². The highest BCUT2D eigenvalue weighted by Gasteiger charge is 2.42. The van der Waals surface area contributed by atoms with Crippen LogP contribution in [0.25, 0.3) is 0 Å². The van der Waals surface area contributed by atoms with Crippen molar-refractivity contribution in [3.8, 4) is 0 Å². The van der Waals surface area contributed by atoms with Crippen molar-refractivity contribution in [2.75, 3.05) is 19.8 Å². The molecule has 1 aromatic rings. The molecule has 0 aliphatic carbocycles. The van der Waals surface area contributed by atoms with Crippen LogP contribution in [-0.2, 0) is 10.2 Å². The minimum Gasteiger partial charge on any atom is -0.379 e. The summed E-state index contributed by atoms with van der Waals surface area (Å²) in [5.41, 5.74) is 5.83. The normalized spacial score (nSPS) is 19.8. The van der Waals surface area contributed by atoms with Gasteiger partial charge in [0.25, 0.3) is 0 Å². The van der Waals surface area contributed by atoms with Crippen molar-refractivity contribution in [3.05, 3.63) is 35.4 Å². The summed E-state index contributed by atoms with van der Waals surface area (Å²) >= 11 is 0. The molecule has 1 aliphatic rings. The zero-order chi connectivity index (χ0) is 12.5. The van der Waals surface area contributed by atoms with Crippen LogP contribution in [0.2, 0.25) is 0 Å². The van der Waals surface area contributed by atoms with Gasteiger partial charge in [-0.2, -0.15) is 0 Å². The first-order chi connectivity index (χ1) is 8.07. The van der Waals surface area contributed by atoms with Crippen LogP contribution in [0.3, 0.4) is 0 Å². The van der Waals surface area contributed by atoms with E-state index in [2.05, 4.69) is 0 Å². The van der Waals surface area contributed by atoms with Crippen molar-refractivity contribution in [3.63, 3.8) is 0 Å². The maximum absolute atomic E-state index is 13.8. The van der Waals surface area contributed by atoms with Crippen molar-refractivity contribution in [1.29, 1.82) is 0 Å². The molecule has 1 saturated heterocycles. The van der Waals surface area contributed by atoms with Crippen LogP contribution in [0.15, 0.2) is 18.2 Å². The largest absolute Gasteiger partial charge is 0.379 e. The van der Waals surface area contributed by atoms with Gasteiger partial charge in [0.1, 0.15) is 11.6 Å². The summed E-state index contributed by atoms with van der Waals surface area (Å²) in [6.45, 7) is 3.56. The number of nitrogens with two attached hydrogens (primary N) is 1. The quantitative estimate of drug-likeness (QED) is 0.877. The Labute approximate surface area is 99.8 Å². The first-order valence-electron chi connectivity index (χ1n) is 5.81. The van der Waals surface area contributed by atoms with E-state index in [9.17, 15) is 8.78 Å². The number of hydrogen-bond acceptors (Lipinski definition) is 2. The molecule has 1 aliphatic heterocycles. The molecule has 1 atom stereocenters. The highest BCUT2D eigenvalue weighted by molar-refractivity contribution is 5.30. The lowest BCUT2D eigenvalue weighted by molar-refractivity contribution is -0.0718. The Balaban J connectivity index is 2.28. The maximum Gasteiger partial charge on any atom is 0.130 e. The molecular formula is C13H17F2NO. The Morgan fingerprint density at radius 1 is 1.41 bits per heavy atom. The van der Waals surface area contributed by atoms with Gasteiger partial charge in [-0.05, 0) is 30.5 Å². The molecule has 4 heteroatoms. The molecule has 0 radical (unpaired) electrons. The van der Waals surface area contributed by atoms with Crippen LogP contribution in [0.1, 0.15) is 18.9 Å². The van der Waals surface area contributed by atoms with Crippen molar-refractivity contribution >= 4 is 0 Å². The lowest BCUT2D eigenvalue weighted by Crippen LogP contribution is -2.49. The third-order valence-corrected chi connectivity index (χ3v) is 3.40. The van der Waals surface area contributed by atoms with Crippen LogP contribution in [0, 0.1) is 17.6 Å². The Morgan fingerprint density at radius 2 is 2.12 bits per heavy atom. The van der Waals surface area contributed by atoms with E-state index in [1.807, 2.05) is 6.92 Å². The summed E-state index contributed by atoms with van der Waals surface area (Å²) in [6, 6.07) is 3.75. The topological polar surface area (TPSA) is 35.2 Å². The molecule has 1 aromatic carbocycles. The molecule has 94 valence electrons. The Bertz CT molecular complexity index is 404. The molecule has 0 aromatic heterocycles. The molecule has 2 N–H and O–H groups in total. The van der Waals surface area contributed by atoms with Gasteiger partial charge in [0.15, 0.2) is 0 Å². The third kappa shape index (κ3) is 2.33. The van der Waals surface area contributed by atoms with Gasteiger partial charge in [0.2, 0.25) is 0 Å². The van der Waals surface area contributed by atoms with E-state index >= 15 is 0 Å². The molecule has 1 unspecified atom stereocenters. The van der Waals surface area contributed by atoms with Crippen molar-refractivity contribution in [2.45, 2.75) is 18.8 Å². The van der Waals surface area contributed by atoms with E-state index in [0.717, 1.165) is 12.5 Å². The molecular weight excluding hydrogens is 224 g/mol. The molecule has 0 amide bonds. The average molecular weight is 241 g/mol. The molecule has 0 bridgehead atoms. The molecule has 2 rings (SSSR count). The number of rotatable bonds is 4. The molecule has 17 heavy (non-hydrogen) atoms. The highest BCUT2D eigenvalue weighted by atomic mass is 19.1. The van der Waals surface area contributed by atoms with E-state index < -0.39 is 11.6 Å². The monoisotopic (exact) mass is 241 g/mol. The van der Waals surface area contributed by atoms with Gasteiger partial charge >= 0.3 is 0 Å². The van der Waals surface area contributed by atoms with E-state index in [-0.39, 0.29) is 5.41 Å². The fourth-order valence-corrected chi connectivity index (χ4v) is 2.40. The molecule has 2 nitrogen and oxygen atoms in total. The van der Waals surface area contributed by atoms with Gasteiger partial charge in [-0.1, -0.05) is 13.0 Å². The second-order valence-corrected chi connectivity index (χ2v) is 4.94. The number of ether oxygens (including phenoxy) is 1. The number of halogens is 2. The third-order valence-electron chi connectivity index (χ3n) is 3.40. The van der Waals surface area contributed by atoms with Crippen LogP contribution >= 0.6 is 0 Å². The fourth-order valence-electron chi connectivity index (χ4n) is 2.40. The van der Waals surface area contributed by atoms with Crippen LogP contribution < -0.4 is 5.73 Å². The van der Waals surface area contributed by atoms with Crippen LogP contribution in [-0.4, -0.2) is 19.8 Å². The number of hydrogen-bond donors (Lipinski definition) is 1. The van der Waals surface area contributed by atoms with Gasteiger partial charge in [-0.15, -0.1) is 0 Å². The van der Waals surface area contributed by atoms with Gasteiger partial charge in [-0.25, -0.2) is 8.78 Å². The van der Waals surface area contributed by atoms with Gasteiger partial charge in [0.05, 0.1) is 13.2 Å². The summed E-state index contributed by atoms with van der Waals surface area (Å²) in [7, 11) is 0. The zero-order valence-corrected chi connectivity index (χ0v) is 9.88. The van der Waals surface area contributed by atoms with E-state index in [1.165, 1.54) is 12.1 Å². The van der Waals surface area contributed by atoms with Crippen molar-refractivity contribution < 1.29 is 13.5 Å². The average Bonchev–Trinajstić information content (AvgIpc) is 2.24. The predicted molar refractivity (Wildman–Crippen MR) is 61.7 cm³/mol. The molecule has 1 fully saturated rings. The minimum atomic E-state index is -0.548. The lowest BCUT2D eigenvalue weighted by atomic mass is 9.72. The fraction of sp³-hybridized carbons (Fsp3) is 0.538. The SMILES string of the molecule is CC(CN)CC1(c2ccc(F)cc2F)COC1. The second-order valence-electron chi connectivity index (χ2n) is 4.94. The molecule has 0 spiro atoms. The van der Waals surface area contributed by atoms with Crippen LogP contribution in [0.5, 0.6) is 0 Å². The first-order valence-corrected chi connectivity index (χ1v) is 5.81. The molecule has 1 heterocycles. The first kappa shape index (κ1) is 12.5. The van der Waals surface area contributed by atoms with Gasteiger partial charge in [-0.3, -0.25) is 0 Å². The standard InChI is InChI=1S/C13H17F2NO/c1-9(6-16)5-13(7-17-8-13)11-3-2-10(14)4-12(11)15/h2-4,9H,5-8,16H2,1H3. The van der Waals surface area contributed by atoms with Crippen LogP contribution in [0.4, 0.5) is 8.78 Å². The summed E-state index contributed by atoms with van der Waals surface area (Å²) in [5.74, 6) is -0.741. The second kappa shape index (κ2) is 4.70. The number of benzene rings is 1. The van der Waals surface area contributed by atoms with Crippen molar-refractivity contribution in [2.24, 2.45) is 11.7 Å². The Hall–Kier alpha value is -1.00. The van der Waals surface area contributed by atoms with Gasteiger partial charge in [0, 0.05) is 11.5 Å². The predicted octanol–water partition coefficient (Wildman–Crippen LogP) is 2.22. The van der Waals surface area contributed by atoms with Crippen molar-refractivity contribution in [1.82, 2.24) is 0 Å². The van der Waals surface area contributed by atoms with E-state index in [0.29, 0.717) is 31.2 Å². The summed E-state index contributed by atoms with van der Waals surface area (Å²) in [5, 5.41) is 0. The smallest absolute Gasteiger partial charge is 0.130 e. The lowest BCUT2D eigenvalue weighted by Gasteiger charge is -2.43.